The van der Waals surface area contributed by atoms with Gasteiger partial charge >= 0.3 is 5.51 Å². The number of anilines is 1. The second kappa shape index (κ2) is 10.9. The second-order valence-corrected chi connectivity index (χ2v) is 12.0. The number of benzene rings is 1. The summed E-state index contributed by atoms with van der Waals surface area (Å²) >= 11 is 10.2. The molecule has 1 aliphatic rings. The maximum Gasteiger partial charge on any atom is 0.469 e. The minimum absolute atomic E-state index is 0. The zero-order chi connectivity index (χ0) is 23.7. The Hall–Kier alpha value is -0.740. The number of aromatic nitrogens is 1. The van der Waals surface area contributed by atoms with Gasteiger partial charge in [-0.1, -0.05) is 5.08 Å². The molecule has 0 N–H and O–H groups in total. The van der Waals surface area contributed by atoms with Gasteiger partial charge in [0.25, 0.3) is 0 Å². The predicted molar refractivity (Wildman–Crippen MR) is 117 cm³/mol. The Labute approximate surface area is 217 Å². The van der Waals surface area contributed by atoms with Gasteiger partial charge in [0, 0.05) is 83.4 Å². The molecule has 0 spiro atoms. The SMILES string of the molecule is O=S(=O)([CH-]S(=O)(=O)C(F)(F)F)c1ccc(-[n+]2ccc(N3CCN(C([S-])[S-])CC3)cc2)cc1.[Au]. The summed E-state index contributed by atoms with van der Waals surface area (Å²) in [6.45, 7) is 3.09. The van der Waals surface area contributed by atoms with Gasteiger partial charge in [-0.15, -0.1) is 0 Å². The van der Waals surface area contributed by atoms with Gasteiger partial charge in [-0.2, -0.15) is 17.7 Å². The normalized spacial score (nSPS) is 16.0. The van der Waals surface area contributed by atoms with Gasteiger partial charge in [0.05, 0.1) is 9.84 Å². The molecule has 0 amide bonds. The number of hydrogen-bond acceptors (Lipinski definition) is 8. The molecule has 187 valence electrons. The van der Waals surface area contributed by atoms with Gasteiger partial charge in [0.1, 0.15) is 9.84 Å². The van der Waals surface area contributed by atoms with Crippen molar-refractivity contribution < 1.29 is 57.0 Å². The quantitative estimate of drug-likeness (QED) is 0.191. The van der Waals surface area contributed by atoms with Crippen LogP contribution in [0.3, 0.4) is 0 Å². The van der Waals surface area contributed by atoms with Crippen LogP contribution in [-0.4, -0.2) is 58.1 Å². The van der Waals surface area contributed by atoms with Gasteiger partial charge < -0.3 is 35.1 Å². The van der Waals surface area contributed by atoms with Crippen LogP contribution in [0.4, 0.5) is 18.9 Å². The summed E-state index contributed by atoms with van der Waals surface area (Å²) in [4.78, 5) is 3.66. The van der Waals surface area contributed by atoms with Crippen molar-refractivity contribution >= 4 is 50.6 Å². The third kappa shape index (κ3) is 6.90. The van der Waals surface area contributed by atoms with E-state index in [1.165, 1.54) is 12.1 Å². The van der Waals surface area contributed by atoms with Gasteiger partial charge in [-0.05, 0) is 12.1 Å². The van der Waals surface area contributed by atoms with E-state index in [2.05, 4.69) is 4.90 Å². The number of nitrogens with zero attached hydrogens (tertiary/aromatic N) is 3. The molecule has 1 fully saturated rings. The fourth-order valence-electron chi connectivity index (χ4n) is 3.08. The zero-order valence-corrected chi connectivity index (χ0v) is 22.1. The van der Waals surface area contributed by atoms with Crippen molar-refractivity contribution in [2.24, 2.45) is 0 Å². The number of alkyl halides is 3. The second-order valence-electron chi connectivity index (χ2n) is 6.92. The number of pyridine rings is 1. The Morgan fingerprint density at radius 2 is 1.42 bits per heavy atom. The van der Waals surface area contributed by atoms with Gasteiger partial charge in [-0.3, -0.25) is 16.8 Å². The predicted octanol–water partition coefficient (Wildman–Crippen LogP) is 1.29. The summed E-state index contributed by atoms with van der Waals surface area (Å²) < 4.78 is 85.3. The molecular formula is C18H18AuF3N3O4S4-2. The number of rotatable bonds is 6. The van der Waals surface area contributed by atoms with E-state index in [1.54, 1.807) is 17.0 Å². The molecule has 33 heavy (non-hydrogen) atoms. The van der Waals surface area contributed by atoms with Crippen LogP contribution in [0.25, 0.3) is 5.69 Å². The molecule has 1 saturated heterocycles. The molecule has 0 unspecified atom stereocenters. The Kier molecular flexibility index (Phi) is 9.41. The average Bonchev–Trinajstić information content (AvgIpc) is 2.72. The van der Waals surface area contributed by atoms with Crippen LogP contribution in [0.5, 0.6) is 0 Å². The van der Waals surface area contributed by atoms with Crippen molar-refractivity contribution in [2.75, 3.05) is 31.1 Å². The van der Waals surface area contributed by atoms with Crippen molar-refractivity contribution in [3.05, 3.63) is 53.9 Å². The van der Waals surface area contributed by atoms with E-state index in [0.717, 1.165) is 44.0 Å². The first-order valence-corrected chi connectivity index (χ1v) is 13.2. The zero-order valence-electron chi connectivity index (χ0n) is 16.6. The van der Waals surface area contributed by atoms with Gasteiger partial charge in [-0.25, -0.2) is 4.71 Å². The van der Waals surface area contributed by atoms with Crippen LogP contribution in [0.15, 0.2) is 53.7 Å². The van der Waals surface area contributed by atoms with E-state index in [9.17, 15) is 30.0 Å². The third-order valence-corrected chi connectivity index (χ3v) is 9.03. The molecule has 2 heterocycles. The average molecular weight is 723 g/mol. The molecule has 0 atom stereocenters. The molecule has 2 aromatic rings. The molecule has 0 bridgehead atoms. The molecule has 7 nitrogen and oxygen atoms in total. The summed E-state index contributed by atoms with van der Waals surface area (Å²) in [5, 5.41) is -0.670. The van der Waals surface area contributed by atoms with E-state index in [-0.39, 0.29) is 27.1 Å². The van der Waals surface area contributed by atoms with E-state index in [4.69, 9.17) is 25.3 Å². The molecule has 0 saturated carbocycles. The Balaban J connectivity index is 0.00000385. The van der Waals surface area contributed by atoms with E-state index in [0.29, 0.717) is 5.69 Å². The first kappa shape index (κ1) is 28.5. The molecular weight excluding hydrogens is 704 g/mol. The van der Waals surface area contributed by atoms with Crippen molar-refractivity contribution in [2.45, 2.75) is 15.1 Å². The van der Waals surface area contributed by atoms with E-state index in [1.807, 2.05) is 17.0 Å². The number of hydrogen-bond donors (Lipinski definition) is 0. The van der Waals surface area contributed by atoms with E-state index >= 15 is 0 Å². The van der Waals surface area contributed by atoms with Crippen LogP contribution in [0.2, 0.25) is 0 Å². The first-order valence-electron chi connectivity index (χ1n) is 9.14. The van der Waals surface area contributed by atoms with Crippen molar-refractivity contribution in [1.29, 1.82) is 0 Å². The standard InChI is InChI=1S/C18H20F3N3O4S4.Au/c19-18(20,21)32(27,28)13-31(25,26)16-3-1-14(2-4-16)22-7-5-15(6-8-22)23-9-11-24(12-10-23)17(29)30;/h1-8,13,17,29-30H,9-12H2;/p-2. The summed E-state index contributed by atoms with van der Waals surface area (Å²) in [7, 11) is -10.7. The maximum atomic E-state index is 12.5. The topological polar surface area (TPSA) is 78.6 Å². The van der Waals surface area contributed by atoms with Crippen molar-refractivity contribution in [3.8, 4) is 5.69 Å². The number of piperazine rings is 1. The molecule has 15 heteroatoms. The smallest absolute Gasteiger partial charge is 0.469 e. The summed E-state index contributed by atoms with van der Waals surface area (Å²) in [6.07, 6.45) is 3.52. The van der Waals surface area contributed by atoms with Crippen LogP contribution >= 0.6 is 0 Å². The van der Waals surface area contributed by atoms with Crippen molar-refractivity contribution in [1.82, 2.24) is 4.90 Å². The minimum Gasteiger partial charge on any atom is -0.800 e. The molecule has 1 aromatic carbocycles. The fraction of sp³-hybridized carbons (Fsp3) is 0.333. The molecule has 1 radical (unpaired) electrons. The van der Waals surface area contributed by atoms with Crippen LogP contribution in [0.1, 0.15) is 0 Å². The van der Waals surface area contributed by atoms with Crippen molar-refractivity contribution in [3.63, 3.8) is 0 Å². The fourth-order valence-corrected chi connectivity index (χ4v) is 6.23. The van der Waals surface area contributed by atoms with E-state index < -0.39 is 35.2 Å². The maximum absolute atomic E-state index is 12.5. The molecule has 1 aromatic heterocycles. The number of halogens is 3. The number of sulfone groups is 2. The van der Waals surface area contributed by atoms with Crippen LogP contribution in [-0.2, 0) is 67.3 Å². The molecule has 3 rings (SSSR count). The van der Waals surface area contributed by atoms with Crippen LogP contribution < -0.4 is 9.47 Å². The summed E-state index contributed by atoms with van der Waals surface area (Å²) in [5.41, 5.74) is -4.17. The Morgan fingerprint density at radius 3 is 1.88 bits per heavy atom. The molecule has 1 aliphatic heterocycles. The minimum atomic E-state index is -5.93. The third-order valence-electron chi connectivity index (χ3n) is 4.83. The van der Waals surface area contributed by atoms with Crippen LogP contribution in [0, 0.1) is 5.08 Å². The van der Waals surface area contributed by atoms with Gasteiger partial charge in [0.15, 0.2) is 12.4 Å². The summed E-state index contributed by atoms with van der Waals surface area (Å²) in [6, 6.07) is 8.59. The first-order chi connectivity index (χ1) is 14.8. The summed E-state index contributed by atoms with van der Waals surface area (Å²) in [5.74, 6) is 0. The largest absolute Gasteiger partial charge is 0.800 e. The van der Waals surface area contributed by atoms with Gasteiger partial charge in [0.2, 0.25) is 5.69 Å². The monoisotopic (exact) mass is 722 g/mol. The molecule has 0 aliphatic carbocycles. The Bertz CT molecular complexity index is 1150. The Morgan fingerprint density at radius 1 is 0.909 bits per heavy atom.